The summed E-state index contributed by atoms with van der Waals surface area (Å²) in [5.41, 5.74) is 0. The molecule has 0 aliphatic carbocycles. The maximum Gasteiger partial charge on any atom is 0.306 e. The molecule has 0 spiro atoms. The van der Waals surface area contributed by atoms with E-state index >= 15 is 0 Å². The van der Waals surface area contributed by atoms with E-state index in [1.165, 1.54) is 25.7 Å². The predicted molar refractivity (Wildman–Crippen MR) is 245 cm³/mol. The predicted octanol–water partition coefficient (Wildman–Crippen LogP) is 11.6. The zero-order valence-corrected chi connectivity index (χ0v) is 38.1. The highest BCUT2D eigenvalue weighted by atomic mass is 16.6. The molecule has 0 aliphatic rings. The summed E-state index contributed by atoms with van der Waals surface area (Å²) in [4.78, 5) is 36.9. The third-order valence-electron chi connectivity index (χ3n) is 9.77. The number of ether oxygens (including phenoxy) is 3. The first-order valence-electron chi connectivity index (χ1n) is 23.1. The van der Waals surface area contributed by atoms with Crippen LogP contribution in [0.15, 0.2) is 85.1 Å². The quantitative estimate of drug-likeness (QED) is 0.0262. The molecule has 0 heterocycles. The van der Waals surface area contributed by atoms with Crippen LogP contribution < -0.4 is 5.11 Å². The Hall–Kier alpha value is -3.49. The van der Waals surface area contributed by atoms with Gasteiger partial charge >= 0.3 is 11.9 Å². The molecular formula is C51H85NO7. The van der Waals surface area contributed by atoms with Crippen LogP contribution in [0.2, 0.25) is 0 Å². The van der Waals surface area contributed by atoms with Crippen LogP contribution in [0.25, 0.3) is 0 Å². The summed E-state index contributed by atoms with van der Waals surface area (Å²) in [5.74, 6) is -1.80. The maximum atomic E-state index is 12.7. The summed E-state index contributed by atoms with van der Waals surface area (Å²) in [6.45, 7) is 4.46. The van der Waals surface area contributed by atoms with E-state index in [0.29, 0.717) is 6.42 Å². The fraction of sp³-hybridized carbons (Fsp3) is 0.667. The molecule has 2 unspecified atom stereocenters. The minimum atomic E-state index is -1.14. The number of carboxylic acids is 1. The number of nitrogens with zero attached hydrogens (tertiary/aromatic N) is 1. The summed E-state index contributed by atoms with van der Waals surface area (Å²) in [6.07, 6.45) is 53.2. The fourth-order valence-electron chi connectivity index (χ4n) is 6.18. The summed E-state index contributed by atoms with van der Waals surface area (Å²) < 4.78 is 17.1. The van der Waals surface area contributed by atoms with Crippen molar-refractivity contribution in [3.63, 3.8) is 0 Å². The van der Waals surface area contributed by atoms with Gasteiger partial charge in [0.05, 0.1) is 40.3 Å². The van der Waals surface area contributed by atoms with E-state index in [-0.39, 0.29) is 49.1 Å². The number of esters is 2. The van der Waals surface area contributed by atoms with Gasteiger partial charge in [-0.3, -0.25) is 9.59 Å². The number of likely N-dealkylation sites (N-methyl/N-ethyl adjacent to an activating group) is 1. The van der Waals surface area contributed by atoms with Crippen LogP contribution >= 0.6 is 0 Å². The monoisotopic (exact) mass is 824 g/mol. The van der Waals surface area contributed by atoms with Crippen LogP contribution in [0.5, 0.6) is 0 Å². The molecule has 336 valence electrons. The third kappa shape index (κ3) is 39.7. The van der Waals surface area contributed by atoms with E-state index < -0.39 is 18.1 Å². The van der Waals surface area contributed by atoms with Crippen molar-refractivity contribution >= 4 is 17.9 Å². The SMILES string of the molecule is CC/C=C/C/C=C/C/C=C/CCCCCCC(=O)OC(COCCC(C(=O)[O-])[N+](C)(C)C)COC(=O)CCCCCCC/C=C/C/C=C/C/C=C/C/C=C/CCCCC. The van der Waals surface area contributed by atoms with Gasteiger partial charge in [-0.05, 0) is 89.9 Å². The molecule has 0 amide bonds. The van der Waals surface area contributed by atoms with Gasteiger partial charge in [-0.1, -0.05) is 144 Å². The summed E-state index contributed by atoms with van der Waals surface area (Å²) >= 11 is 0. The van der Waals surface area contributed by atoms with Gasteiger partial charge in [-0.15, -0.1) is 0 Å². The Morgan fingerprint density at radius 2 is 0.949 bits per heavy atom. The van der Waals surface area contributed by atoms with Crippen molar-refractivity contribution in [1.82, 2.24) is 0 Å². The number of hydrogen-bond acceptors (Lipinski definition) is 7. The Balaban J connectivity index is 4.38. The van der Waals surface area contributed by atoms with E-state index in [1.807, 2.05) is 0 Å². The molecule has 2 atom stereocenters. The summed E-state index contributed by atoms with van der Waals surface area (Å²) in [5, 5.41) is 11.6. The van der Waals surface area contributed by atoms with Crippen LogP contribution in [0.3, 0.4) is 0 Å². The van der Waals surface area contributed by atoms with Crippen LogP contribution in [-0.2, 0) is 28.6 Å². The lowest BCUT2D eigenvalue weighted by atomic mass is 10.1. The Kier molecular flexibility index (Phi) is 38.8. The van der Waals surface area contributed by atoms with Gasteiger partial charge in [0.2, 0.25) is 0 Å². The van der Waals surface area contributed by atoms with E-state index in [0.717, 1.165) is 109 Å². The number of rotatable bonds is 40. The van der Waals surface area contributed by atoms with E-state index in [1.54, 1.807) is 21.1 Å². The molecule has 8 nitrogen and oxygen atoms in total. The molecule has 0 N–H and O–H groups in total. The molecule has 0 rings (SSSR count). The number of quaternary nitrogens is 1. The van der Waals surface area contributed by atoms with Gasteiger partial charge in [-0.2, -0.15) is 0 Å². The number of hydrogen-bond donors (Lipinski definition) is 0. The molecule has 59 heavy (non-hydrogen) atoms. The number of carboxylic acid groups (broad SMARTS) is 1. The lowest BCUT2D eigenvalue weighted by Gasteiger charge is -2.34. The smallest absolute Gasteiger partial charge is 0.306 e. The first-order chi connectivity index (χ1) is 28.6. The van der Waals surface area contributed by atoms with Gasteiger partial charge in [-0.25, -0.2) is 0 Å². The zero-order chi connectivity index (χ0) is 43.5. The molecule has 0 aromatic carbocycles. The summed E-state index contributed by atoms with van der Waals surface area (Å²) in [7, 11) is 5.38. The number of carbonyl (C=O) groups is 3. The number of aliphatic carboxylic acids is 1. The van der Waals surface area contributed by atoms with Gasteiger partial charge in [0.15, 0.2) is 6.10 Å². The van der Waals surface area contributed by atoms with Crippen LogP contribution in [-0.4, -0.2) is 75.5 Å². The van der Waals surface area contributed by atoms with Crippen molar-refractivity contribution in [3.05, 3.63) is 85.1 Å². The lowest BCUT2D eigenvalue weighted by molar-refractivity contribution is -0.889. The lowest BCUT2D eigenvalue weighted by Crippen LogP contribution is -2.55. The Bertz CT molecular complexity index is 1240. The van der Waals surface area contributed by atoms with E-state index in [9.17, 15) is 19.5 Å². The van der Waals surface area contributed by atoms with E-state index in [4.69, 9.17) is 14.2 Å². The molecule has 0 saturated carbocycles. The number of unbranched alkanes of at least 4 members (excludes halogenated alkanes) is 12. The normalized spacial score (nSPS) is 13.7. The molecule has 0 radical (unpaired) electrons. The highest BCUT2D eigenvalue weighted by molar-refractivity contribution is 5.70. The molecule has 0 aromatic heterocycles. The Morgan fingerprint density at radius 3 is 1.41 bits per heavy atom. The van der Waals surface area contributed by atoms with Crippen molar-refractivity contribution in [1.29, 1.82) is 0 Å². The molecule has 8 heteroatoms. The number of carbonyl (C=O) groups excluding carboxylic acids is 3. The van der Waals surface area contributed by atoms with Crippen molar-refractivity contribution in [3.8, 4) is 0 Å². The fourth-order valence-corrected chi connectivity index (χ4v) is 6.18. The van der Waals surface area contributed by atoms with Crippen molar-refractivity contribution in [2.24, 2.45) is 0 Å². The van der Waals surface area contributed by atoms with Crippen molar-refractivity contribution in [2.75, 3.05) is 41.0 Å². The van der Waals surface area contributed by atoms with Crippen LogP contribution in [0.4, 0.5) is 0 Å². The summed E-state index contributed by atoms with van der Waals surface area (Å²) in [6, 6.07) is -0.738. The Labute approximate surface area is 361 Å². The second-order valence-electron chi connectivity index (χ2n) is 16.3. The minimum absolute atomic E-state index is 0.0202. The van der Waals surface area contributed by atoms with Crippen molar-refractivity contribution < 1.29 is 38.2 Å². The standard InChI is InChI=1S/C51H85NO7/c1-6-8-10-12-14-16-18-20-22-23-24-25-26-27-28-30-31-33-35-37-39-41-49(53)58-46-47(45-57-44-43-48(51(55)56)52(3,4)5)59-50(54)42-40-38-36-34-32-29-21-19-17-15-13-11-9-7-2/h9,11,14-17,20-22,24-25,27-29,47-48H,6-8,10,12-13,18-19,23,26,30-46H2,1-5H3/b11-9+,16-14+,17-15+,22-20+,25-24+,28-27+,29-21+. The van der Waals surface area contributed by atoms with E-state index in [2.05, 4.69) is 98.9 Å². The Morgan fingerprint density at radius 1 is 0.525 bits per heavy atom. The highest BCUT2D eigenvalue weighted by Crippen LogP contribution is 2.12. The van der Waals surface area contributed by atoms with Gasteiger partial charge < -0.3 is 28.6 Å². The minimum Gasteiger partial charge on any atom is -0.544 e. The molecule has 0 aliphatic heterocycles. The topological polar surface area (TPSA) is 102 Å². The van der Waals surface area contributed by atoms with Gasteiger partial charge in [0, 0.05) is 19.3 Å². The van der Waals surface area contributed by atoms with Crippen LogP contribution in [0, 0.1) is 0 Å². The average Bonchev–Trinajstić information content (AvgIpc) is 3.19. The van der Waals surface area contributed by atoms with Gasteiger partial charge in [0.25, 0.3) is 0 Å². The number of allylic oxidation sites excluding steroid dienone is 14. The second kappa shape index (κ2) is 41.3. The second-order valence-corrected chi connectivity index (χ2v) is 16.3. The van der Waals surface area contributed by atoms with Gasteiger partial charge in [0.1, 0.15) is 12.6 Å². The third-order valence-corrected chi connectivity index (χ3v) is 9.77. The van der Waals surface area contributed by atoms with Crippen molar-refractivity contribution in [2.45, 2.75) is 180 Å². The molecule has 0 aromatic rings. The largest absolute Gasteiger partial charge is 0.544 e. The molecule has 0 saturated heterocycles. The first-order valence-corrected chi connectivity index (χ1v) is 23.1. The molecule has 0 fully saturated rings. The van der Waals surface area contributed by atoms with Crippen LogP contribution in [0.1, 0.15) is 168 Å². The first kappa shape index (κ1) is 55.5. The molecular weight excluding hydrogens is 739 g/mol. The molecule has 0 bridgehead atoms. The average molecular weight is 824 g/mol. The zero-order valence-electron chi connectivity index (χ0n) is 38.1. The maximum absolute atomic E-state index is 12.7. The highest BCUT2D eigenvalue weighted by Gasteiger charge is 2.25.